The molecule has 1 amide bonds. The lowest BCUT2D eigenvalue weighted by Crippen LogP contribution is -2.44. The van der Waals surface area contributed by atoms with Gasteiger partial charge in [0.25, 0.3) is 5.91 Å². The maximum Gasteiger partial charge on any atom is 0.517 e. The van der Waals surface area contributed by atoms with Gasteiger partial charge in [-0.15, -0.1) is 0 Å². The molecule has 0 spiro atoms. The number of fused-ring (bicyclic) bond motifs is 2. The molecule has 0 aliphatic heterocycles. The predicted molar refractivity (Wildman–Crippen MR) is 107 cm³/mol. The van der Waals surface area contributed by atoms with Gasteiger partial charge in [-0.2, -0.15) is 25.9 Å². The van der Waals surface area contributed by atoms with Crippen LogP contribution in [0.2, 0.25) is 0 Å². The summed E-state index contributed by atoms with van der Waals surface area (Å²) in [5.74, 6) is -1.31. The van der Waals surface area contributed by atoms with Crippen molar-refractivity contribution < 1.29 is 26.4 Å². The van der Waals surface area contributed by atoms with Gasteiger partial charge in [-0.05, 0) is 24.3 Å². The number of hydrogen-bond acceptors (Lipinski definition) is 4. The molecule has 0 saturated carbocycles. The Labute approximate surface area is 169 Å². The number of amides is 1. The molecule has 9 heteroatoms. The number of rotatable bonds is 3. The molecule has 0 aliphatic rings. The maximum absolute atomic E-state index is 13.5. The summed E-state index contributed by atoms with van der Waals surface area (Å²) in [7, 11) is -6.01. The third-order valence-electron chi connectivity index (χ3n) is 4.51. The van der Waals surface area contributed by atoms with Crippen molar-refractivity contribution in [3.8, 4) is 0 Å². The van der Waals surface area contributed by atoms with E-state index in [-0.39, 0.29) is 20.6 Å². The second-order valence-electron chi connectivity index (χ2n) is 6.38. The highest BCUT2D eigenvalue weighted by atomic mass is 32.2. The van der Waals surface area contributed by atoms with E-state index in [4.69, 9.17) is 0 Å². The molecule has 0 atom stereocenters. The fourth-order valence-electron chi connectivity index (χ4n) is 3.20. The summed E-state index contributed by atoms with van der Waals surface area (Å²) >= 11 is 0. The zero-order valence-corrected chi connectivity index (χ0v) is 16.0. The van der Waals surface area contributed by atoms with Crippen LogP contribution in [0.5, 0.6) is 0 Å². The first kappa shape index (κ1) is 19.8. The van der Waals surface area contributed by atoms with Crippen LogP contribution in [-0.4, -0.2) is 24.8 Å². The molecule has 0 saturated heterocycles. The fraction of sp³-hybridized carbons (Fsp3) is 0.0476. The Morgan fingerprint density at radius 2 is 1.23 bits per heavy atom. The van der Waals surface area contributed by atoms with Gasteiger partial charge in [0.05, 0.1) is 22.3 Å². The van der Waals surface area contributed by atoms with Crippen molar-refractivity contribution in [2.45, 2.75) is 5.51 Å². The first-order valence-electron chi connectivity index (χ1n) is 8.70. The highest BCUT2D eigenvalue weighted by Crippen LogP contribution is 2.35. The second kappa shape index (κ2) is 7.10. The van der Waals surface area contributed by atoms with Crippen molar-refractivity contribution in [2.75, 3.05) is 4.31 Å². The molecule has 0 radical (unpaired) electrons. The summed E-state index contributed by atoms with van der Waals surface area (Å²) in [5, 5.41) is 0.499. The Bertz CT molecular complexity index is 1320. The average molecular weight is 430 g/mol. The Morgan fingerprint density at radius 1 is 0.767 bits per heavy atom. The topological polar surface area (TPSA) is 67.3 Å². The number of nitrogens with zero attached hydrogens (tertiary/aromatic N) is 2. The van der Waals surface area contributed by atoms with Gasteiger partial charge in [0.1, 0.15) is 0 Å². The number of benzene rings is 3. The summed E-state index contributed by atoms with van der Waals surface area (Å²) in [6.07, 6.45) is 0. The lowest BCUT2D eigenvalue weighted by atomic mass is 10.0. The van der Waals surface area contributed by atoms with Crippen LogP contribution in [0.4, 0.5) is 18.9 Å². The standard InChI is InChI=1S/C21H13F3N2O3S/c22-21(23,24)30(28,29)26(14-8-2-1-3-9-14)20(27)19-15-10-4-6-12-17(15)25-18-13-7-5-11-16(18)19/h1-13H. The zero-order valence-electron chi connectivity index (χ0n) is 15.2. The quantitative estimate of drug-likeness (QED) is 0.435. The lowest BCUT2D eigenvalue weighted by molar-refractivity contribution is -0.0437. The van der Waals surface area contributed by atoms with Crippen molar-refractivity contribution >= 4 is 43.4 Å². The van der Waals surface area contributed by atoms with E-state index in [9.17, 15) is 26.4 Å². The van der Waals surface area contributed by atoms with Crippen LogP contribution in [0.25, 0.3) is 21.8 Å². The smallest absolute Gasteiger partial charge is 0.268 e. The minimum Gasteiger partial charge on any atom is -0.268 e. The summed E-state index contributed by atoms with van der Waals surface area (Å²) in [6, 6.07) is 19.2. The molecule has 0 bridgehead atoms. The molecule has 4 rings (SSSR count). The molecule has 0 N–H and O–H groups in total. The SMILES string of the molecule is O=C(c1c2ccccc2nc2ccccc12)N(c1ccccc1)S(=O)(=O)C(F)(F)F. The van der Waals surface area contributed by atoms with Gasteiger partial charge in [-0.25, -0.2) is 4.98 Å². The third kappa shape index (κ3) is 3.17. The Hall–Kier alpha value is -3.46. The molecule has 1 aromatic heterocycles. The number of anilines is 1. The normalized spacial score (nSPS) is 12.2. The van der Waals surface area contributed by atoms with Crippen LogP contribution in [0.15, 0.2) is 78.9 Å². The van der Waals surface area contributed by atoms with Crippen LogP contribution >= 0.6 is 0 Å². The number of aromatic nitrogens is 1. The molecule has 0 unspecified atom stereocenters. The van der Waals surface area contributed by atoms with Crippen molar-refractivity contribution in [1.29, 1.82) is 0 Å². The van der Waals surface area contributed by atoms with E-state index < -0.39 is 27.1 Å². The molecule has 30 heavy (non-hydrogen) atoms. The van der Waals surface area contributed by atoms with E-state index in [1.54, 1.807) is 36.4 Å². The van der Waals surface area contributed by atoms with E-state index in [0.29, 0.717) is 11.0 Å². The third-order valence-corrected chi connectivity index (χ3v) is 5.95. The molecule has 5 nitrogen and oxygen atoms in total. The van der Waals surface area contributed by atoms with Crippen LogP contribution in [0.1, 0.15) is 10.4 Å². The number of halogens is 3. The van der Waals surface area contributed by atoms with Crippen LogP contribution in [0.3, 0.4) is 0 Å². The van der Waals surface area contributed by atoms with Gasteiger partial charge in [0.15, 0.2) is 0 Å². The zero-order chi connectivity index (χ0) is 21.5. The number of alkyl halides is 3. The number of sulfonamides is 1. The molecule has 0 aliphatic carbocycles. The summed E-state index contributed by atoms with van der Waals surface area (Å²) in [5.41, 5.74) is -5.54. The highest BCUT2D eigenvalue weighted by molar-refractivity contribution is 7.94. The lowest BCUT2D eigenvalue weighted by Gasteiger charge is -2.24. The maximum atomic E-state index is 13.5. The van der Waals surface area contributed by atoms with Crippen LogP contribution < -0.4 is 4.31 Å². The van der Waals surface area contributed by atoms with E-state index in [1.165, 1.54) is 30.3 Å². The van der Waals surface area contributed by atoms with Gasteiger partial charge in [0, 0.05) is 10.8 Å². The Morgan fingerprint density at radius 3 is 1.73 bits per heavy atom. The number of carbonyl (C=O) groups excluding carboxylic acids is 1. The number of pyridine rings is 1. The van der Waals surface area contributed by atoms with Crippen molar-refractivity contribution in [3.63, 3.8) is 0 Å². The van der Waals surface area contributed by atoms with Crippen molar-refractivity contribution in [3.05, 3.63) is 84.4 Å². The average Bonchev–Trinajstić information content (AvgIpc) is 2.71. The first-order valence-corrected chi connectivity index (χ1v) is 10.1. The molecular formula is C21H13F3N2O3S. The molecule has 1 heterocycles. The Balaban J connectivity index is 2.07. The van der Waals surface area contributed by atoms with E-state index in [0.717, 1.165) is 12.1 Å². The van der Waals surface area contributed by atoms with Crippen LogP contribution in [0, 0.1) is 0 Å². The second-order valence-corrected chi connectivity index (χ2v) is 8.16. The Kier molecular flexibility index (Phi) is 4.70. The molecule has 152 valence electrons. The van der Waals surface area contributed by atoms with E-state index >= 15 is 0 Å². The number of para-hydroxylation sites is 3. The predicted octanol–water partition coefficient (Wildman–Crippen LogP) is 4.88. The van der Waals surface area contributed by atoms with Crippen molar-refractivity contribution in [2.24, 2.45) is 0 Å². The van der Waals surface area contributed by atoms with Gasteiger partial charge >= 0.3 is 15.5 Å². The summed E-state index contributed by atoms with van der Waals surface area (Å²) < 4.78 is 65.1. The largest absolute Gasteiger partial charge is 0.517 e. The van der Waals surface area contributed by atoms with Gasteiger partial charge in [0.2, 0.25) is 0 Å². The molecule has 4 aromatic rings. The molecular weight excluding hydrogens is 417 g/mol. The van der Waals surface area contributed by atoms with Crippen LogP contribution in [-0.2, 0) is 10.0 Å². The van der Waals surface area contributed by atoms with E-state index in [2.05, 4.69) is 4.98 Å². The minimum atomic E-state index is -6.01. The first-order chi connectivity index (χ1) is 14.2. The highest BCUT2D eigenvalue weighted by Gasteiger charge is 2.53. The van der Waals surface area contributed by atoms with Gasteiger partial charge < -0.3 is 0 Å². The minimum absolute atomic E-state index is 0.173. The number of hydrogen-bond donors (Lipinski definition) is 0. The van der Waals surface area contributed by atoms with Gasteiger partial charge in [-0.3, -0.25) is 4.79 Å². The van der Waals surface area contributed by atoms with Gasteiger partial charge in [-0.1, -0.05) is 54.6 Å². The molecule has 0 fully saturated rings. The monoisotopic (exact) mass is 430 g/mol. The molecule has 3 aromatic carbocycles. The van der Waals surface area contributed by atoms with Crippen molar-refractivity contribution in [1.82, 2.24) is 4.98 Å². The summed E-state index contributed by atoms with van der Waals surface area (Å²) in [4.78, 5) is 17.9. The summed E-state index contributed by atoms with van der Waals surface area (Å²) in [6.45, 7) is 0. The number of carbonyl (C=O) groups is 1. The van der Waals surface area contributed by atoms with E-state index in [1.807, 2.05) is 0 Å². The fourth-order valence-corrected chi connectivity index (χ4v) is 4.12.